The van der Waals surface area contributed by atoms with E-state index in [2.05, 4.69) is 0 Å². The number of carboxylic acid groups (broad SMARTS) is 1. The van der Waals surface area contributed by atoms with Crippen LogP contribution in [0.4, 0.5) is 0 Å². The van der Waals surface area contributed by atoms with Gasteiger partial charge in [-0.25, -0.2) is 9.59 Å². The zero-order chi connectivity index (χ0) is 23.1. The lowest BCUT2D eigenvalue weighted by Crippen LogP contribution is -2.42. The number of rotatable bonds is 3. The number of aliphatic hydroxyl groups is 3. The fraction of sp³-hybridized carbons (Fsp3) is 0.333. The fourth-order valence-corrected chi connectivity index (χ4v) is 3.22. The van der Waals surface area contributed by atoms with Gasteiger partial charge in [-0.3, -0.25) is 0 Å². The minimum absolute atomic E-state index is 0.000618. The maximum absolute atomic E-state index is 12.2. The Balaban J connectivity index is 0.000000807. The third kappa shape index (κ3) is 5.50. The summed E-state index contributed by atoms with van der Waals surface area (Å²) in [7, 11) is 2.00. The standard InChI is InChI=1S/C19H16O8.2CH4O/c20-9-1-3-12-13-4-2-11(8-15(13)27-19(24)14(12)5-9)25-17-7-10(21)6-16(26-17)18(22)23;2*1-2/h1-5,8,10,16-17,20-21H,6-7H2,(H,22,23);2*2H,1H3. The molecular formula is C21H24O10. The highest BCUT2D eigenvalue weighted by atomic mass is 16.7. The number of aliphatic carboxylic acids is 1. The molecule has 3 aromatic rings. The summed E-state index contributed by atoms with van der Waals surface area (Å²) in [4.78, 5) is 23.3. The van der Waals surface area contributed by atoms with Gasteiger partial charge in [0.15, 0.2) is 6.10 Å². The van der Waals surface area contributed by atoms with E-state index in [9.17, 15) is 19.8 Å². The second-order valence-electron chi connectivity index (χ2n) is 6.41. The van der Waals surface area contributed by atoms with E-state index in [1.165, 1.54) is 18.2 Å². The van der Waals surface area contributed by atoms with Gasteiger partial charge < -0.3 is 39.4 Å². The van der Waals surface area contributed by atoms with Crippen molar-refractivity contribution >= 4 is 27.7 Å². The number of aliphatic hydroxyl groups excluding tert-OH is 3. The summed E-state index contributed by atoms with van der Waals surface area (Å²) < 4.78 is 16.3. The van der Waals surface area contributed by atoms with Crippen LogP contribution < -0.4 is 10.4 Å². The van der Waals surface area contributed by atoms with Crippen LogP contribution in [0, 0.1) is 0 Å². The third-order valence-corrected chi connectivity index (χ3v) is 4.48. The van der Waals surface area contributed by atoms with E-state index in [-0.39, 0.29) is 29.6 Å². The van der Waals surface area contributed by atoms with Crippen LogP contribution in [0.25, 0.3) is 21.7 Å². The highest BCUT2D eigenvalue weighted by Crippen LogP contribution is 2.30. The molecule has 2 heterocycles. The average molecular weight is 436 g/mol. The van der Waals surface area contributed by atoms with Gasteiger partial charge >= 0.3 is 11.6 Å². The van der Waals surface area contributed by atoms with Crippen LogP contribution in [0.2, 0.25) is 0 Å². The van der Waals surface area contributed by atoms with Gasteiger partial charge in [0.05, 0.1) is 11.5 Å². The molecular weight excluding hydrogens is 412 g/mol. The summed E-state index contributed by atoms with van der Waals surface area (Å²) in [5, 5.41) is 44.0. The average Bonchev–Trinajstić information content (AvgIpc) is 2.76. The van der Waals surface area contributed by atoms with E-state index in [0.29, 0.717) is 16.5 Å². The summed E-state index contributed by atoms with van der Waals surface area (Å²) in [6.07, 6.45) is -2.80. The first-order valence-electron chi connectivity index (χ1n) is 9.23. The number of fused-ring (bicyclic) bond motifs is 3. The van der Waals surface area contributed by atoms with Crippen molar-refractivity contribution in [1.29, 1.82) is 0 Å². The van der Waals surface area contributed by atoms with Crippen molar-refractivity contribution in [2.75, 3.05) is 14.2 Å². The smallest absolute Gasteiger partial charge is 0.344 e. The molecule has 1 aromatic heterocycles. The first-order valence-corrected chi connectivity index (χ1v) is 9.23. The van der Waals surface area contributed by atoms with Crippen molar-refractivity contribution in [2.24, 2.45) is 0 Å². The molecule has 1 saturated heterocycles. The zero-order valence-corrected chi connectivity index (χ0v) is 16.9. The minimum Gasteiger partial charge on any atom is -0.508 e. The number of hydrogen-bond acceptors (Lipinski definition) is 9. The van der Waals surface area contributed by atoms with Crippen molar-refractivity contribution in [3.63, 3.8) is 0 Å². The predicted molar refractivity (Wildman–Crippen MR) is 110 cm³/mol. The summed E-state index contributed by atoms with van der Waals surface area (Å²) in [6.45, 7) is 0. The van der Waals surface area contributed by atoms with Crippen LogP contribution in [0.1, 0.15) is 12.8 Å². The molecule has 3 atom stereocenters. The van der Waals surface area contributed by atoms with E-state index in [0.717, 1.165) is 14.2 Å². The third-order valence-electron chi connectivity index (χ3n) is 4.48. The van der Waals surface area contributed by atoms with Gasteiger partial charge in [-0.05, 0) is 30.3 Å². The lowest BCUT2D eigenvalue weighted by molar-refractivity contribution is -0.195. The molecule has 2 aromatic carbocycles. The topological polar surface area (TPSA) is 167 Å². The van der Waals surface area contributed by atoms with Gasteiger partial charge in [0.2, 0.25) is 6.29 Å². The predicted octanol–water partition coefficient (Wildman–Crippen LogP) is 1.20. The molecule has 0 spiro atoms. The van der Waals surface area contributed by atoms with E-state index >= 15 is 0 Å². The van der Waals surface area contributed by atoms with E-state index in [1.54, 1.807) is 18.2 Å². The molecule has 10 nitrogen and oxygen atoms in total. The van der Waals surface area contributed by atoms with Crippen LogP contribution in [-0.4, -0.2) is 64.2 Å². The lowest BCUT2D eigenvalue weighted by Gasteiger charge is -2.31. The monoisotopic (exact) mass is 436 g/mol. The SMILES string of the molecule is CO.CO.O=C(O)C1CC(O)CC(Oc2ccc3c(c2)oc(=O)c2cc(O)ccc23)O1. The Labute approximate surface area is 176 Å². The van der Waals surface area contributed by atoms with Crippen molar-refractivity contribution in [3.8, 4) is 11.5 Å². The maximum Gasteiger partial charge on any atom is 0.344 e. The molecule has 4 rings (SSSR count). The van der Waals surface area contributed by atoms with E-state index in [4.69, 9.17) is 29.2 Å². The fourth-order valence-electron chi connectivity index (χ4n) is 3.22. The normalized spacial score (nSPS) is 20.2. The van der Waals surface area contributed by atoms with Gasteiger partial charge in [-0.15, -0.1) is 0 Å². The summed E-state index contributed by atoms with van der Waals surface area (Å²) in [6, 6.07) is 9.28. The molecule has 1 aliphatic heterocycles. The van der Waals surface area contributed by atoms with Gasteiger partial charge in [0.1, 0.15) is 17.1 Å². The molecule has 0 amide bonds. The van der Waals surface area contributed by atoms with Crippen LogP contribution in [0.3, 0.4) is 0 Å². The van der Waals surface area contributed by atoms with Gasteiger partial charge in [0.25, 0.3) is 0 Å². The van der Waals surface area contributed by atoms with Crippen LogP contribution in [0.15, 0.2) is 45.6 Å². The van der Waals surface area contributed by atoms with Crippen molar-refractivity contribution in [1.82, 2.24) is 0 Å². The minimum atomic E-state index is -1.17. The Morgan fingerprint density at radius 1 is 1.00 bits per heavy atom. The quantitative estimate of drug-likeness (QED) is 0.297. The van der Waals surface area contributed by atoms with Gasteiger partial charge in [0, 0.05) is 43.9 Å². The number of ether oxygens (including phenoxy) is 2. The Morgan fingerprint density at radius 2 is 1.68 bits per heavy atom. The largest absolute Gasteiger partial charge is 0.508 e. The molecule has 0 saturated carbocycles. The van der Waals surface area contributed by atoms with E-state index in [1.807, 2.05) is 0 Å². The highest BCUT2D eigenvalue weighted by Gasteiger charge is 2.34. The summed E-state index contributed by atoms with van der Waals surface area (Å²) in [5.74, 6) is -0.885. The molecule has 31 heavy (non-hydrogen) atoms. The molecule has 0 aliphatic carbocycles. The number of hydrogen-bond donors (Lipinski definition) is 5. The number of phenols is 1. The van der Waals surface area contributed by atoms with Gasteiger partial charge in [-0.2, -0.15) is 0 Å². The van der Waals surface area contributed by atoms with Crippen LogP contribution in [-0.2, 0) is 9.53 Å². The van der Waals surface area contributed by atoms with Gasteiger partial charge in [-0.1, -0.05) is 0 Å². The van der Waals surface area contributed by atoms with Crippen molar-refractivity contribution in [2.45, 2.75) is 31.3 Å². The maximum atomic E-state index is 12.2. The second kappa shape index (κ2) is 10.7. The molecule has 5 N–H and O–H groups in total. The molecule has 1 aliphatic rings. The summed E-state index contributed by atoms with van der Waals surface area (Å²) in [5.41, 5.74) is -0.317. The number of aromatic hydroxyl groups is 1. The molecule has 0 bridgehead atoms. The zero-order valence-electron chi connectivity index (χ0n) is 16.9. The van der Waals surface area contributed by atoms with Crippen molar-refractivity contribution < 1.29 is 44.2 Å². The second-order valence-corrected chi connectivity index (χ2v) is 6.41. The summed E-state index contributed by atoms with van der Waals surface area (Å²) >= 11 is 0. The Morgan fingerprint density at radius 3 is 2.35 bits per heavy atom. The first-order chi connectivity index (χ1) is 14.9. The Bertz CT molecular complexity index is 1090. The Kier molecular flexibility index (Phi) is 8.34. The van der Waals surface area contributed by atoms with Crippen LogP contribution >= 0.6 is 0 Å². The lowest BCUT2D eigenvalue weighted by atomic mass is 10.1. The number of carboxylic acids is 1. The molecule has 1 fully saturated rings. The molecule has 3 unspecified atom stereocenters. The molecule has 168 valence electrons. The van der Waals surface area contributed by atoms with E-state index < -0.39 is 30.1 Å². The van der Waals surface area contributed by atoms with Crippen LogP contribution in [0.5, 0.6) is 11.5 Å². The molecule has 0 radical (unpaired) electrons. The number of phenolic OH excluding ortho intramolecular Hbond substituents is 1. The number of benzene rings is 2. The molecule has 10 heteroatoms. The first kappa shape index (κ1) is 24.1. The highest BCUT2D eigenvalue weighted by molar-refractivity contribution is 6.04. The Hall–Kier alpha value is -3.18. The van der Waals surface area contributed by atoms with Crippen molar-refractivity contribution in [3.05, 3.63) is 46.8 Å². The number of carbonyl (C=O) groups is 1.